The van der Waals surface area contributed by atoms with Crippen LogP contribution >= 0.6 is 0 Å². The summed E-state index contributed by atoms with van der Waals surface area (Å²) in [7, 11) is 0. The molecule has 0 saturated carbocycles. The minimum absolute atomic E-state index is 0.136. The molecule has 136 valence electrons. The summed E-state index contributed by atoms with van der Waals surface area (Å²) < 4.78 is 0. The standard InChI is InChI=1S/C23H28N2O/c1-5-20-13-15-21(16-14-20)23(26)17-12-18(3)24-19(4)25(6-2)22-10-8-7-9-11-22/h7-11,13-16H,3,5-6,12,17H2,1-2,4H3/b24-19+. The van der Waals surface area contributed by atoms with Crippen molar-refractivity contribution in [2.75, 3.05) is 11.4 Å². The lowest BCUT2D eigenvalue weighted by Gasteiger charge is -2.22. The van der Waals surface area contributed by atoms with E-state index in [-0.39, 0.29) is 5.78 Å². The monoisotopic (exact) mass is 348 g/mol. The van der Waals surface area contributed by atoms with E-state index in [1.54, 1.807) is 0 Å². The van der Waals surface area contributed by atoms with Crippen LogP contribution in [0.3, 0.4) is 0 Å². The number of allylic oxidation sites excluding steroid dienone is 1. The summed E-state index contributed by atoms with van der Waals surface area (Å²) >= 11 is 0. The quantitative estimate of drug-likeness (QED) is 0.350. The van der Waals surface area contributed by atoms with Crippen molar-refractivity contribution in [1.82, 2.24) is 0 Å². The summed E-state index contributed by atoms with van der Waals surface area (Å²) in [5.74, 6) is 1.03. The molecule has 0 unspecified atom stereocenters. The second-order valence-corrected chi connectivity index (χ2v) is 6.28. The number of carbonyl (C=O) groups is 1. The molecule has 26 heavy (non-hydrogen) atoms. The van der Waals surface area contributed by atoms with E-state index < -0.39 is 0 Å². The molecule has 0 radical (unpaired) electrons. The fourth-order valence-corrected chi connectivity index (χ4v) is 2.88. The van der Waals surface area contributed by atoms with Gasteiger partial charge in [-0.05, 0) is 44.4 Å². The van der Waals surface area contributed by atoms with Crippen LogP contribution in [0.5, 0.6) is 0 Å². The molecule has 3 heteroatoms. The lowest BCUT2D eigenvalue weighted by molar-refractivity contribution is 0.0982. The Morgan fingerprint density at radius 2 is 1.65 bits per heavy atom. The average Bonchev–Trinajstić information content (AvgIpc) is 2.67. The number of amidine groups is 1. The first-order valence-electron chi connectivity index (χ1n) is 9.23. The zero-order chi connectivity index (χ0) is 18.9. The van der Waals surface area contributed by atoms with E-state index >= 15 is 0 Å². The normalized spacial score (nSPS) is 11.3. The molecule has 0 heterocycles. The zero-order valence-corrected chi connectivity index (χ0v) is 16.0. The van der Waals surface area contributed by atoms with Gasteiger partial charge in [0.25, 0.3) is 0 Å². The van der Waals surface area contributed by atoms with Gasteiger partial charge in [0.2, 0.25) is 0 Å². The first-order chi connectivity index (χ1) is 12.5. The van der Waals surface area contributed by atoms with Crippen molar-refractivity contribution >= 4 is 17.3 Å². The van der Waals surface area contributed by atoms with E-state index in [1.807, 2.05) is 49.4 Å². The predicted octanol–water partition coefficient (Wildman–Crippen LogP) is 5.67. The second-order valence-electron chi connectivity index (χ2n) is 6.28. The zero-order valence-electron chi connectivity index (χ0n) is 16.0. The minimum atomic E-state index is 0.136. The van der Waals surface area contributed by atoms with E-state index in [0.717, 1.165) is 35.7 Å². The van der Waals surface area contributed by atoms with Crippen molar-refractivity contribution in [1.29, 1.82) is 0 Å². The highest BCUT2D eigenvalue weighted by Gasteiger charge is 2.09. The maximum absolute atomic E-state index is 12.3. The third kappa shape index (κ3) is 5.41. The Labute approximate surface area is 157 Å². The van der Waals surface area contributed by atoms with Crippen molar-refractivity contribution in [3.63, 3.8) is 0 Å². The Bertz CT molecular complexity index is 761. The number of ketones is 1. The van der Waals surface area contributed by atoms with Gasteiger partial charge >= 0.3 is 0 Å². The van der Waals surface area contributed by atoms with Gasteiger partial charge in [0.1, 0.15) is 5.84 Å². The molecular weight excluding hydrogens is 320 g/mol. The van der Waals surface area contributed by atoms with E-state index in [1.165, 1.54) is 5.56 Å². The Morgan fingerprint density at radius 3 is 2.23 bits per heavy atom. The molecule has 2 aromatic rings. The molecule has 0 aromatic heterocycles. The summed E-state index contributed by atoms with van der Waals surface area (Å²) in [6, 6.07) is 18.0. The molecule has 2 rings (SSSR count). The minimum Gasteiger partial charge on any atom is -0.330 e. The Kier molecular flexibility index (Phi) is 7.34. The number of para-hydroxylation sites is 1. The average molecular weight is 348 g/mol. The van der Waals surface area contributed by atoms with Gasteiger partial charge in [0, 0.05) is 29.9 Å². The number of rotatable bonds is 8. The molecule has 0 bridgehead atoms. The lowest BCUT2D eigenvalue weighted by Crippen LogP contribution is -2.28. The highest BCUT2D eigenvalue weighted by atomic mass is 16.1. The third-order valence-electron chi connectivity index (χ3n) is 4.42. The molecule has 0 amide bonds. The van der Waals surface area contributed by atoms with Crippen molar-refractivity contribution in [3.05, 3.63) is 78.0 Å². The molecule has 2 aromatic carbocycles. The van der Waals surface area contributed by atoms with Gasteiger partial charge in [-0.3, -0.25) is 4.79 Å². The number of hydrogen-bond acceptors (Lipinski definition) is 2. The summed E-state index contributed by atoms with van der Waals surface area (Å²) in [6.07, 6.45) is 1.98. The largest absolute Gasteiger partial charge is 0.330 e. The number of nitrogens with zero attached hydrogens (tertiary/aromatic N) is 2. The highest BCUT2D eigenvalue weighted by Crippen LogP contribution is 2.16. The molecule has 0 aliphatic carbocycles. The topological polar surface area (TPSA) is 32.7 Å². The van der Waals surface area contributed by atoms with Crippen LogP contribution in [0.1, 0.15) is 49.5 Å². The van der Waals surface area contributed by atoms with Crippen LogP contribution in [-0.4, -0.2) is 18.2 Å². The Hall–Kier alpha value is -2.68. The Balaban J connectivity index is 1.95. The van der Waals surface area contributed by atoms with Gasteiger partial charge in [0.05, 0.1) is 0 Å². The van der Waals surface area contributed by atoms with Gasteiger partial charge in [0.15, 0.2) is 5.78 Å². The molecule has 0 aliphatic heterocycles. The van der Waals surface area contributed by atoms with Crippen molar-refractivity contribution in [3.8, 4) is 0 Å². The lowest BCUT2D eigenvalue weighted by atomic mass is 10.0. The second kappa shape index (κ2) is 9.71. The summed E-state index contributed by atoms with van der Waals surface area (Å²) in [5, 5.41) is 0. The van der Waals surface area contributed by atoms with Gasteiger partial charge in [-0.15, -0.1) is 0 Å². The SMILES string of the molecule is C=C(CCC(=O)c1ccc(CC)cc1)/N=C(\C)N(CC)c1ccccc1. The van der Waals surface area contributed by atoms with E-state index in [2.05, 4.69) is 42.5 Å². The van der Waals surface area contributed by atoms with Gasteiger partial charge in [-0.25, -0.2) is 4.99 Å². The molecule has 0 fully saturated rings. The third-order valence-corrected chi connectivity index (χ3v) is 4.42. The van der Waals surface area contributed by atoms with Gasteiger partial charge < -0.3 is 4.90 Å². The number of carbonyl (C=O) groups excluding carboxylic acids is 1. The van der Waals surface area contributed by atoms with Crippen LogP contribution in [0.4, 0.5) is 5.69 Å². The molecule has 0 atom stereocenters. The van der Waals surface area contributed by atoms with Crippen molar-refractivity contribution in [2.24, 2.45) is 4.99 Å². The maximum atomic E-state index is 12.3. The molecular formula is C23H28N2O. The maximum Gasteiger partial charge on any atom is 0.163 e. The number of anilines is 1. The van der Waals surface area contributed by atoms with Crippen LogP contribution < -0.4 is 4.90 Å². The van der Waals surface area contributed by atoms with E-state index in [4.69, 9.17) is 0 Å². The first kappa shape index (κ1) is 19.6. The van der Waals surface area contributed by atoms with Crippen LogP contribution in [0, 0.1) is 0 Å². The number of hydrogen-bond donors (Lipinski definition) is 0. The molecule has 0 spiro atoms. The summed E-state index contributed by atoms with van der Waals surface area (Å²) in [5.41, 5.74) is 3.84. The van der Waals surface area contributed by atoms with Crippen LogP contribution in [0.15, 0.2) is 71.9 Å². The smallest absolute Gasteiger partial charge is 0.163 e. The highest BCUT2D eigenvalue weighted by molar-refractivity contribution is 5.97. The molecule has 0 N–H and O–H groups in total. The van der Waals surface area contributed by atoms with E-state index in [9.17, 15) is 4.79 Å². The van der Waals surface area contributed by atoms with Gasteiger partial charge in [-0.1, -0.05) is 56.0 Å². The number of aliphatic imine (C=N–C) groups is 1. The fourth-order valence-electron chi connectivity index (χ4n) is 2.88. The van der Waals surface area contributed by atoms with Crippen LogP contribution in [-0.2, 0) is 6.42 Å². The summed E-state index contributed by atoms with van der Waals surface area (Å²) in [4.78, 5) is 19.1. The number of aryl methyl sites for hydroxylation is 1. The number of benzene rings is 2. The van der Waals surface area contributed by atoms with Gasteiger partial charge in [-0.2, -0.15) is 0 Å². The Morgan fingerprint density at radius 1 is 1.00 bits per heavy atom. The van der Waals surface area contributed by atoms with E-state index in [0.29, 0.717) is 12.8 Å². The number of Topliss-reactive ketones (excluding diaryl/α,β-unsaturated/α-hetero) is 1. The van der Waals surface area contributed by atoms with Crippen LogP contribution in [0.25, 0.3) is 0 Å². The van der Waals surface area contributed by atoms with Crippen LogP contribution in [0.2, 0.25) is 0 Å². The molecule has 0 aliphatic rings. The predicted molar refractivity (Wildman–Crippen MR) is 111 cm³/mol. The van der Waals surface area contributed by atoms with Crippen molar-refractivity contribution < 1.29 is 4.79 Å². The van der Waals surface area contributed by atoms with Crippen molar-refractivity contribution in [2.45, 2.75) is 40.0 Å². The summed E-state index contributed by atoms with van der Waals surface area (Å²) in [6.45, 7) is 11.0. The fraction of sp³-hybridized carbons (Fsp3) is 0.304. The molecule has 3 nitrogen and oxygen atoms in total. The molecule has 0 saturated heterocycles. The first-order valence-corrected chi connectivity index (χ1v) is 9.23.